The Kier molecular flexibility index (Phi) is 11.4. The maximum atomic E-state index is 13.7. The quantitative estimate of drug-likeness (QED) is 0.155. The number of aromatic amines is 2. The number of carboxylic acids is 1. The summed E-state index contributed by atoms with van der Waals surface area (Å²) in [6.07, 6.45) is 9.95. The highest BCUT2D eigenvalue weighted by atomic mass is 32.2. The lowest BCUT2D eigenvalue weighted by Crippen LogP contribution is -2.13. The summed E-state index contributed by atoms with van der Waals surface area (Å²) < 4.78 is 31.8. The molecule has 2 aromatic carbocycles. The summed E-state index contributed by atoms with van der Waals surface area (Å²) in [4.78, 5) is 40.0. The number of benzene rings is 2. The monoisotopic (exact) mass is 649 g/mol. The second kappa shape index (κ2) is 15.7. The number of ether oxygens (including phenoxy) is 1. The number of aromatic nitrogens is 6. The smallest absolute Gasteiger partial charge is 0.307 e. The number of aliphatic hydroxyl groups is 1. The Morgan fingerprint density at radius 2 is 1.96 bits per heavy atom. The van der Waals surface area contributed by atoms with E-state index in [1.54, 1.807) is 43.2 Å². The first-order chi connectivity index (χ1) is 22.1. The molecule has 0 bridgehead atoms. The third-order valence-corrected chi connectivity index (χ3v) is 7.61. The van der Waals surface area contributed by atoms with Gasteiger partial charge in [-0.2, -0.15) is 4.98 Å². The van der Waals surface area contributed by atoms with Gasteiger partial charge in [-0.15, -0.1) is 0 Å². The van der Waals surface area contributed by atoms with Crippen molar-refractivity contribution in [1.82, 2.24) is 29.5 Å². The molecule has 0 amide bonds. The SMILES string of the molecule is CC1=C(CC(=O)O)c2cc(F)ccc2/C1=C\c1ccc(S(C)=O)cc1.Nc1nc2c(ncn2COCCO)c(=O)[nH]1.c1c[nH]cn1. The standard InChI is InChI=1S/C20H17FO3S.C8H11N5O3.C3H4N2/c1-12-17(9-13-3-6-15(7-4-13)25(2)24)16-8-5-14(21)10-19(16)18(12)11-20(22)23;9-8-11-6-5(7(15)12-8)10-3-13(6)4-16-2-1-14;1-2-5-3-4-1/h3-10H,11H2,1-2H3,(H,22,23);3,14H,1-2,4H2,(H3,9,11,12,15);1-3H,(H,4,5)/b17-9-;;. The van der Waals surface area contributed by atoms with E-state index in [0.29, 0.717) is 16.8 Å². The van der Waals surface area contributed by atoms with Crippen LogP contribution < -0.4 is 11.3 Å². The Labute approximate surface area is 264 Å². The molecule has 15 heteroatoms. The van der Waals surface area contributed by atoms with E-state index >= 15 is 0 Å². The third-order valence-electron chi connectivity index (χ3n) is 6.67. The van der Waals surface area contributed by atoms with E-state index in [9.17, 15) is 18.2 Å². The Morgan fingerprint density at radius 1 is 1.20 bits per heavy atom. The second-order valence-electron chi connectivity index (χ2n) is 9.80. The highest BCUT2D eigenvalue weighted by Gasteiger charge is 2.25. The Balaban J connectivity index is 0.000000193. The van der Waals surface area contributed by atoms with Crippen molar-refractivity contribution in [2.24, 2.45) is 0 Å². The third kappa shape index (κ3) is 8.47. The molecule has 0 saturated heterocycles. The Hall–Kier alpha value is -5.25. The predicted octanol–water partition coefficient (Wildman–Crippen LogP) is 3.44. The van der Waals surface area contributed by atoms with Crippen LogP contribution in [0.25, 0.3) is 28.4 Å². The largest absolute Gasteiger partial charge is 0.481 e. The number of nitrogens with zero attached hydrogens (tertiary/aromatic N) is 4. The van der Waals surface area contributed by atoms with Crippen molar-refractivity contribution in [3.8, 4) is 0 Å². The molecule has 3 heterocycles. The summed E-state index contributed by atoms with van der Waals surface area (Å²) in [6, 6.07) is 11.8. The van der Waals surface area contributed by atoms with Crippen LogP contribution in [0, 0.1) is 5.82 Å². The van der Waals surface area contributed by atoms with Crippen molar-refractivity contribution in [3.05, 3.63) is 106 Å². The number of hydrogen-bond donors (Lipinski definition) is 5. The molecule has 6 rings (SSSR count). The number of carboxylic acid groups (broad SMARTS) is 1. The number of imidazole rings is 2. The van der Waals surface area contributed by atoms with Gasteiger partial charge < -0.3 is 25.7 Å². The van der Waals surface area contributed by atoms with Crippen LogP contribution in [0.2, 0.25) is 0 Å². The van der Waals surface area contributed by atoms with Gasteiger partial charge in [0.15, 0.2) is 11.2 Å². The van der Waals surface area contributed by atoms with Gasteiger partial charge in [0, 0.05) is 34.3 Å². The van der Waals surface area contributed by atoms with Crippen LogP contribution in [0.15, 0.2) is 82.8 Å². The van der Waals surface area contributed by atoms with Gasteiger partial charge in [-0.05, 0) is 70.7 Å². The van der Waals surface area contributed by atoms with Crippen LogP contribution >= 0.6 is 0 Å². The van der Waals surface area contributed by atoms with Crippen LogP contribution in [0.5, 0.6) is 0 Å². The molecule has 0 radical (unpaired) electrons. The zero-order valence-corrected chi connectivity index (χ0v) is 25.8. The number of nitrogens with two attached hydrogens (primary N) is 1. The van der Waals surface area contributed by atoms with Gasteiger partial charge in [0.25, 0.3) is 5.56 Å². The van der Waals surface area contributed by atoms with E-state index in [2.05, 4.69) is 24.9 Å². The number of aliphatic hydroxyl groups excluding tert-OH is 1. The number of halogens is 1. The van der Waals surface area contributed by atoms with E-state index in [1.165, 1.54) is 23.0 Å². The number of allylic oxidation sites excluding steroid dienone is 2. The zero-order chi connectivity index (χ0) is 33.2. The minimum atomic E-state index is -1.04. The fourth-order valence-corrected chi connectivity index (χ4v) is 5.08. The molecule has 1 aliphatic rings. The fraction of sp³-hybridized carbons (Fsp3) is 0.194. The molecule has 3 aromatic heterocycles. The lowest BCUT2D eigenvalue weighted by molar-refractivity contribution is -0.135. The summed E-state index contributed by atoms with van der Waals surface area (Å²) in [7, 11) is -1.04. The number of fused-ring (bicyclic) bond motifs is 2. The van der Waals surface area contributed by atoms with Crippen molar-refractivity contribution in [2.45, 2.75) is 25.0 Å². The minimum Gasteiger partial charge on any atom is -0.481 e. The van der Waals surface area contributed by atoms with Gasteiger partial charge in [-0.3, -0.25) is 23.3 Å². The first kappa shape index (κ1) is 33.6. The first-order valence-corrected chi connectivity index (χ1v) is 15.3. The van der Waals surface area contributed by atoms with Gasteiger partial charge >= 0.3 is 5.97 Å². The number of H-pyrrole nitrogens is 2. The summed E-state index contributed by atoms with van der Waals surface area (Å²) in [6.45, 7) is 2.16. The van der Waals surface area contributed by atoms with E-state index < -0.39 is 16.8 Å². The van der Waals surface area contributed by atoms with Crippen LogP contribution in [-0.4, -0.2) is 69.3 Å². The first-order valence-electron chi connectivity index (χ1n) is 13.8. The number of carbonyl (C=O) groups is 1. The topological polar surface area (TPSA) is 202 Å². The molecule has 0 saturated carbocycles. The normalized spacial score (nSPS) is 13.5. The van der Waals surface area contributed by atoms with E-state index in [1.807, 2.05) is 25.1 Å². The molecule has 1 aliphatic carbocycles. The summed E-state index contributed by atoms with van der Waals surface area (Å²) in [5, 5.41) is 17.7. The molecule has 6 N–H and O–H groups in total. The number of hydrogen-bond acceptors (Lipinski definition) is 9. The molecule has 0 aliphatic heterocycles. The summed E-state index contributed by atoms with van der Waals surface area (Å²) >= 11 is 0. The minimum absolute atomic E-state index is 0.0291. The van der Waals surface area contributed by atoms with E-state index in [4.69, 9.17) is 20.7 Å². The van der Waals surface area contributed by atoms with Crippen molar-refractivity contribution >= 4 is 51.1 Å². The molecular formula is C31H32FN7O6S. The van der Waals surface area contributed by atoms with Gasteiger partial charge in [0.2, 0.25) is 5.95 Å². The summed E-state index contributed by atoms with van der Waals surface area (Å²) in [5.41, 5.74) is 10.3. The molecule has 5 aromatic rings. The Bertz CT molecular complexity index is 1930. The van der Waals surface area contributed by atoms with Crippen molar-refractivity contribution in [1.29, 1.82) is 0 Å². The highest BCUT2D eigenvalue weighted by molar-refractivity contribution is 7.84. The predicted molar refractivity (Wildman–Crippen MR) is 172 cm³/mol. The van der Waals surface area contributed by atoms with Crippen molar-refractivity contribution < 1.29 is 28.3 Å². The van der Waals surface area contributed by atoms with Crippen LogP contribution in [0.4, 0.5) is 10.3 Å². The van der Waals surface area contributed by atoms with Crippen LogP contribution in [0.3, 0.4) is 0 Å². The highest BCUT2D eigenvalue weighted by Crippen LogP contribution is 2.43. The zero-order valence-electron chi connectivity index (χ0n) is 24.9. The molecule has 1 atom stereocenters. The molecule has 0 fully saturated rings. The second-order valence-corrected chi connectivity index (χ2v) is 11.2. The molecule has 240 valence electrons. The molecular weight excluding hydrogens is 617 g/mol. The van der Waals surface area contributed by atoms with Crippen LogP contribution in [-0.2, 0) is 27.1 Å². The van der Waals surface area contributed by atoms with Gasteiger partial charge in [0.1, 0.15) is 12.5 Å². The van der Waals surface area contributed by atoms with Crippen molar-refractivity contribution in [3.63, 3.8) is 0 Å². The maximum Gasteiger partial charge on any atom is 0.307 e. The van der Waals surface area contributed by atoms with E-state index in [0.717, 1.165) is 27.2 Å². The van der Waals surface area contributed by atoms with Crippen molar-refractivity contribution in [2.75, 3.05) is 25.2 Å². The lowest BCUT2D eigenvalue weighted by atomic mass is 10.0. The Morgan fingerprint density at radius 3 is 2.57 bits per heavy atom. The number of rotatable bonds is 8. The van der Waals surface area contributed by atoms with Crippen LogP contribution in [0.1, 0.15) is 30.0 Å². The number of nitrogen functional groups attached to an aromatic ring is 1. The van der Waals surface area contributed by atoms with Gasteiger partial charge in [-0.25, -0.2) is 14.4 Å². The molecule has 46 heavy (non-hydrogen) atoms. The molecule has 13 nitrogen and oxygen atoms in total. The van der Waals surface area contributed by atoms with Gasteiger partial charge in [-0.1, -0.05) is 18.2 Å². The average molecular weight is 650 g/mol. The lowest BCUT2D eigenvalue weighted by Gasteiger charge is -2.05. The molecule has 1 unspecified atom stereocenters. The maximum absolute atomic E-state index is 13.7. The number of anilines is 1. The van der Waals surface area contributed by atoms with E-state index in [-0.39, 0.29) is 49.2 Å². The summed E-state index contributed by atoms with van der Waals surface area (Å²) in [5.74, 6) is -1.30. The fourth-order valence-electron chi connectivity index (χ4n) is 4.56. The average Bonchev–Trinajstić information content (AvgIpc) is 3.78. The number of aliphatic carboxylic acids is 1. The van der Waals surface area contributed by atoms with Gasteiger partial charge in [0.05, 0.1) is 32.3 Å². The molecule has 0 spiro atoms. The number of nitrogens with one attached hydrogen (secondary N) is 2.